The van der Waals surface area contributed by atoms with Gasteiger partial charge >= 0.3 is 0 Å². The fourth-order valence-electron chi connectivity index (χ4n) is 2.45. The fraction of sp³-hybridized carbons (Fsp3) is 0.0588. The molecule has 0 radical (unpaired) electrons. The first-order chi connectivity index (χ1) is 13.0. The van der Waals surface area contributed by atoms with E-state index in [9.17, 15) is 26.7 Å². The maximum atomic E-state index is 14.0. The van der Waals surface area contributed by atoms with E-state index in [1.165, 1.54) is 25.1 Å². The summed E-state index contributed by atoms with van der Waals surface area (Å²) in [5.41, 5.74) is -1.55. The van der Waals surface area contributed by atoms with Crippen molar-refractivity contribution in [1.29, 1.82) is 0 Å². The number of carbonyl (C=O) groups excluding carboxylic acids is 1. The van der Waals surface area contributed by atoms with Gasteiger partial charge in [0.25, 0.3) is 5.91 Å². The standard InChI is InChI=1S/C17H6Cl3F5N2O/c1-5-8(3-6-2-7(18)4-9(19)10(6)20)17(28)27(26-5)16-14(24)12(22)11(21)13(23)15(16)25/h2-4H,1H3/b8-3+. The smallest absolute Gasteiger partial charge is 0.267 e. The Morgan fingerprint density at radius 3 is 2.04 bits per heavy atom. The summed E-state index contributed by atoms with van der Waals surface area (Å²) in [7, 11) is 0. The largest absolute Gasteiger partial charge is 0.280 e. The number of amides is 1. The van der Waals surface area contributed by atoms with Crippen molar-refractivity contribution in [2.75, 3.05) is 5.01 Å². The minimum Gasteiger partial charge on any atom is -0.267 e. The van der Waals surface area contributed by atoms with E-state index in [1.807, 2.05) is 0 Å². The van der Waals surface area contributed by atoms with Crippen LogP contribution in [0.2, 0.25) is 15.1 Å². The predicted octanol–water partition coefficient (Wildman–Crippen LogP) is 6.15. The Kier molecular flexibility index (Phi) is 5.40. The second-order valence-corrected chi connectivity index (χ2v) is 6.79. The van der Waals surface area contributed by atoms with Gasteiger partial charge in [-0.15, -0.1) is 0 Å². The third-order valence-electron chi connectivity index (χ3n) is 3.78. The molecule has 2 aromatic rings. The van der Waals surface area contributed by atoms with Gasteiger partial charge in [0, 0.05) is 5.02 Å². The maximum absolute atomic E-state index is 14.0. The number of halogens is 8. The molecule has 1 aliphatic heterocycles. The first-order valence-corrected chi connectivity index (χ1v) is 8.45. The fourth-order valence-corrected chi connectivity index (χ4v) is 3.12. The summed E-state index contributed by atoms with van der Waals surface area (Å²) in [4.78, 5) is 12.6. The molecule has 0 unspecified atom stereocenters. The maximum Gasteiger partial charge on any atom is 0.280 e. The molecule has 1 amide bonds. The molecule has 11 heteroatoms. The molecule has 0 atom stereocenters. The molecule has 0 spiro atoms. The topological polar surface area (TPSA) is 32.7 Å². The highest BCUT2D eigenvalue weighted by Crippen LogP contribution is 2.36. The van der Waals surface area contributed by atoms with Crippen LogP contribution in [-0.2, 0) is 4.79 Å². The molecule has 0 aromatic heterocycles. The van der Waals surface area contributed by atoms with Gasteiger partial charge in [-0.05, 0) is 30.7 Å². The lowest BCUT2D eigenvalue weighted by atomic mass is 10.1. The van der Waals surface area contributed by atoms with E-state index in [0.29, 0.717) is 0 Å². The summed E-state index contributed by atoms with van der Waals surface area (Å²) in [5.74, 6) is -12.2. The summed E-state index contributed by atoms with van der Waals surface area (Å²) in [5, 5.41) is 4.02. The predicted molar refractivity (Wildman–Crippen MR) is 96.3 cm³/mol. The molecule has 146 valence electrons. The van der Waals surface area contributed by atoms with Crippen molar-refractivity contribution < 1.29 is 26.7 Å². The second kappa shape index (κ2) is 7.35. The summed E-state index contributed by atoms with van der Waals surface area (Å²) in [6.07, 6.45) is 1.19. The van der Waals surface area contributed by atoms with E-state index in [2.05, 4.69) is 5.10 Å². The summed E-state index contributed by atoms with van der Waals surface area (Å²) in [6.45, 7) is 1.30. The number of hydrogen-bond acceptors (Lipinski definition) is 2. The van der Waals surface area contributed by atoms with Crippen LogP contribution in [-0.4, -0.2) is 11.6 Å². The van der Waals surface area contributed by atoms with Crippen molar-refractivity contribution in [1.82, 2.24) is 0 Å². The van der Waals surface area contributed by atoms with Crippen LogP contribution in [0.25, 0.3) is 6.08 Å². The first-order valence-electron chi connectivity index (χ1n) is 7.32. The van der Waals surface area contributed by atoms with Gasteiger partial charge in [-0.2, -0.15) is 10.1 Å². The third-order valence-corrected chi connectivity index (χ3v) is 4.82. The highest BCUT2D eigenvalue weighted by Gasteiger charge is 2.37. The van der Waals surface area contributed by atoms with E-state index in [1.54, 1.807) is 0 Å². The number of anilines is 1. The molecule has 2 aromatic carbocycles. The van der Waals surface area contributed by atoms with E-state index in [0.717, 1.165) is 0 Å². The zero-order valence-electron chi connectivity index (χ0n) is 13.6. The second-order valence-electron chi connectivity index (χ2n) is 5.57. The van der Waals surface area contributed by atoms with Gasteiger partial charge in [0.2, 0.25) is 5.82 Å². The number of benzene rings is 2. The quantitative estimate of drug-likeness (QED) is 0.231. The van der Waals surface area contributed by atoms with Crippen LogP contribution in [0, 0.1) is 29.1 Å². The monoisotopic (exact) mass is 454 g/mol. The summed E-state index contributed by atoms with van der Waals surface area (Å²) < 4.78 is 68.2. The van der Waals surface area contributed by atoms with Crippen molar-refractivity contribution in [3.8, 4) is 0 Å². The molecule has 0 saturated carbocycles. The Balaban J connectivity index is 2.14. The van der Waals surface area contributed by atoms with E-state index < -0.39 is 40.7 Å². The molecule has 0 N–H and O–H groups in total. The van der Waals surface area contributed by atoms with Crippen LogP contribution >= 0.6 is 34.8 Å². The average molecular weight is 456 g/mol. The van der Waals surface area contributed by atoms with Crippen molar-refractivity contribution in [3.05, 3.63) is 67.4 Å². The van der Waals surface area contributed by atoms with E-state index in [4.69, 9.17) is 34.8 Å². The molecule has 0 fully saturated rings. The molecular weight excluding hydrogens is 450 g/mol. The number of carbonyl (C=O) groups is 1. The van der Waals surface area contributed by atoms with Gasteiger partial charge in [0.1, 0.15) is 5.69 Å². The highest BCUT2D eigenvalue weighted by atomic mass is 35.5. The van der Waals surface area contributed by atoms with Gasteiger partial charge in [0.15, 0.2) is 23.3 Å². The Labute approximate surface area is 169 Å². The number of hydrazone groups is 1. The minimum atomic E-state index is -2.35. The molecule has 1 aliphatic rings. The normalized spacial score (nSPS) is 15.6. The Hall–Kier alpha value is -2.16. The van der Waals surface area contributed by atoms with E-state index >= 15 is 0 Å². The van der Waals surface area contributed by atoms with Crippen molar-refractivity contribution in [3.63, 3.8) is 0 Å². The van der Waals surface area contributed by atoms with Crippen LogP contribution in [0.4, 0.5) is 27.6 Å². The number of nitrogens with zero attached hydrogens (tertiary/aromatic N) is 2. The number of rotatable bonds is 2. The first kappa shape index (κ1) is 20.6. The van der Waals surface area contributed by atoms with Crippen LogP contribution in [0.15, 0.2) is 22.8 Å². The Morgan fingerprint density at radius 1 is 0.929 bits per heavy atom. The summed E-state index contributed by atoms with van der Waals surface area (Å²) in [6, 6.07) is 2.72. The van der Waals surface area contributed by atoms with Crippen molar-refractivity contribution >= 4 is 58.2 Å². The SMILES string of the molecule is CC1=NN(c2c(F)c(F)c(F)c(F)c2F)C(=O)/C1=C/c1cc(Cl)cc(Cl)c1Cl. The molecule has 0 aliphatic carbocycles. The molecule has 0 bridgehead atoms. The Morgan fingerprint density at radius 2 is 1.46 bits per heavy atom. The van der Waals surface area contributed by atoms with Gasteiger partial charge in [-0.25, -0.2) is 22.0 Å². The molecule has 1 heterocycles. The third kappa shape index (κ3) is 3.25. The Bertz CT molecular complexity index is 1070. The van der Waals surface area contributed by atoms with Gasteiger partial charge in [-0.3, -0.25) is 4.79 Å². The molecule has 3 nitrogen and oxygen atoms in total. The molecule has 3 rings (SSSR count). The zero-order chi connectivity index (χ0) is 20.9. The van der Waals surface area contributed by atoms with Crippen LogP contribution in [0.3, 0.4) is 0 Å². The van der Waals surface area contributed by atoms with Gasteiger partial charge in [0.05, 0.1) is 21.3 Å². The lowest BCUT2D eigenvalue weighted by Gasteiger charge is -2.15. The average Bonchev–Trinajstić information content (AvgIpc) is 2.90. The van der Waals surface area contributed by atoms with Crippen molar-refractivity contribution in [2.45, 2.75) is 6.92 Å². The highest BCUT2D eigenvalue weighted by molar-refractivity contribution is 6.44. The van der Waals surface area contributed by atoms with E-state index in [-0.39, 0.29) is 36.9 Å². The molecule has 0 saturated heterocycles. The number of hydrogen-bond donors (Lipinski definition) is 0. The van der Waals surface area contributed by atoms with Crippen LogP contribution < -0.4 is 5.01 Å². The van der Waals surface area contributed by atoms with Crippen molar-refractivity contribution in [2.24, 2.45) is 5.10 Å². The lowest BCUT2D eigenvalue weighted by Crippen LogP contribution is -2.25. The molecule has 28 heavy (non-hydrogen) atoms. The summed E-state index contributed by atoms with van der Waals surface area (Å²) >= 11 is 17.8. The molecular formula is C17H6Cl3F5N2O. The minimum absolute atomic E-state index is 0.0360. The zero-order valence-corrected chi connectivity index (χ0v) is 15.8. The van der Waals surface area contributed by atoms with Gasteiger partial charge < -0.3 is 0 Å². The lowest BCUT2D eigenvalue weighted by molar-refractivity contribution is -0.114. The van der Waals surface area contributed by atoms with Gasteiger partial charge in [-0.1, -0.05) is 34.8 Å². The van der Waals surface area contributed by atoms with Crippen LogP contribution in [0.5, 0.6) is 0 Å². The van der Waals surface area contributed by atoms with Crippen LogP contribution in [0.1, 0.15) is 12.5 Å².